The largest absolute Gasteiger partial charge is 0.462 e. The number of carbonyl (C=O) groups is 1. The van der Waals surface area contributed by atoms with Gasteiger partial charge in [0.2, 0.25) is 0 Å². The van der Waals surface area contributed by atoms with Gasteiger partial charge in [-0.3, -0.25) is 0 Å². The van der Waals surface area contributed by atoms with Crippen molar-refractivity contribution in [3.05, 3.63) is 35.6 Å². The fourth-order valence-electron chi connectivity index (χ4n) is 1.35. The number of carbonyl (C=O) groups excluding carboxylic acids is 1. The predicted molar refractivity (Wildman–Crippen MR) is 64.7 cm³/mol. The van der Waals surface area contributed by atoms with Gasteiger partial charge in [-0.2, -0.15) is 0 Å². The molecule has 0 unspecified atom stereocenters. The monoisotopic (exact) mass is 249 g/mol. The molecule has 4 nitrogen and oxygen atoms in total. The van der Waals surface area contributed by atoms with E-state index in [4.69, 9.17) is 4.74 Å². The van der Waals surface area contributed by atoms with E-state index in [1.54, 1.807) is 13.1 Å². The molecule has 0 bridgehead atoms. The summed E-state index contributed by atoms with van der Waals surface area (Å²) in [6, 6.07) is 3.93. The summed E-state index contributed by atoms with van der Waals surface area (Å²) in [6.07, 6.45) is 5.45. The molecule has 0 aromatic carbocycles. The lowest BCUT2D eigenvalue weighted by Crippen LogP contribution is -2.25. The van der Waals surface area contributed by atoms with Gasteiger partial charge >= 0.3 is 5.97 Å². The van der Waals surface area contributed by atoms with Crippen molar-refractivity contribution in [2.24, 2.45) is 7.05 Å². The first-order chi connectivity index (χ1) is 8.20. The highest BCUT2D eigenvalue weighted by atomic mass is 32.1. The second-order valence-electron chi connectivity index (χ2n) is 3.50. The minimum Gasteiger partial charge on any atom is -0.462 e. The number of ether oxygens (including phenoxy) is 1. The van der Waals surface area contributed by atoms with Crippen LogP contribution in [-0.4, -0.2) is 17.6 Å². The molecular weight excluding hydrogens is 236 g/mol. The molecule has 0 aliphatic rings. The number of aryl methyl sites for hydroxylation is 1. The summed E-state index contributed by atoms with van der Waals surface area (Å²) >= 11 is 1.34. The molecule has 17 heavy (non-hydrogen) atoms. The Balaban J connectivity index is 2.23. The van der Waals surface area contributed by atoms with Crippen LogP contribution in [0.2, 0.25) is 0 Å². The maximum Gasteiger partial charge on any atom is 0.349 e. The van der Waals surface area contributed by atoms with Gasteiger partial charge in [0.25, 0.3) is 0 Å². The van der Waals surface area contributed by atoms with Crippen molar-refractivity contribution in [2.75, 3.05) is 6.61 Å². The minimum absolute atomic E-state index is 0.308. The number of nitrogens with zero attached hydrogens (tertiary/aromatic N) is 2. The van der Waals surface area contributed by atoms with Gasteiger partial charge in [0, 0.05) is 17.7 Å². The topological polar surface area (TPSA) is 43.1 Å². The van der Waals surface area contributed by atoms with E-state index in [0.717, 1.165) is 10.6 Å². The molecule has 0 saturated carbocycles. The lowest BCUT2D eigenvalue weighted by Gasteiger charge is -1.96. The molecule has 0 spiro atoms. The first kappa shape index (κ1) is 11.7. The van der Waals surface area contributed by atoms with Gasteiger partial charge in [-0.1, -0.05) is 0 Å². The molecule has 0 aliphatic heterocycles. The van der Waals surface area contributed by atoms with Crippen molar-refractivity contribution < 1.29 is 14.1 Å². The van der Waals surface area contributed by atoms with Gasteiger partial charge in [0.1, 0.15) is 16.9 Å². The Kier molecular flexibility index (Phi) is 3.49. The number of pyridine rings is 1. The third-order valence-corrected chi connectivity index (χ3v) is 3.23. The molecule has 2 rings (SSSR count). The quantitative estimate of drug-likeness (QED) is 0.615. The van der Waals surface area contributed by atoms with Crippen LogP contribution in [0.1, 0.15) is 16.6 Å². The summed E-state index contributed by atoms with van der Waals surface area (Å²) in [5, 5.41) is 0.827. The van der Waals surface area contributed by atoms with E-state index in [0.29, 0.717) is 11.5 Å². The lowest BCUT2D eigenvalue weighted by molar-refractivity contribution is -0.671. The van der Waals surface area contributed by atoms with E-state index in [1.807, 2.05) is 36.1 Å². The SMILES string of the molecule is CCOC(=O)c1cnc(-c2cc[n+](C)cc2)s1. The molecule has 0 fully saturated rings. The van der Waals surface area contributed by atoms with Gasteiger partial charge in [-0.15, -0.1) is 11.3 Å². The fraction of sp³-hybridized carbons (Fsp3) is 0.250. The van der Waals surface area contributed by atoms with Crippen molar-refractivity contribution in [3.8, 4) is 10.6 Å². The van der Waals surface area contributed by atoms with E-state index in [1.165, 1.54) is 11.3 Å². The molecular formula is C12H13N2O2S+. The predicted octanol–water partition coefficient (Wildman–Crippen LogP) is 1.81. The second-order valence-corrected chi connectivity index (χ2v) is 4.53. The van der Waals surface area contributed by atoms with Crippen LogP contribution in [0, 0.1) is 0 Å². The van der Waals surface area contributed by atoms with Crippen LogP contribution in [0.5, 0.6) is 0 Å². The third kappa shape index (κ3) is 2.68. The summed E-state index contributed by atoms with van der Waals surface area (Å²) in [4.78, 5) is 16.3. The number of aromatic nitrogens is 2. The lowest BCUT2D eigenvalue weighted by atomic mass is 10.3. The Morgan fingerprint density at radius 1 is 1.47 bits per heavy atom. The zero-order valence-corrected chi connectivity index (χ0v) is 10.5. The van der Waals surface area contributed by atoms with Crippen LogP contribution in [0.3, 0.4) is 0 Å². The van der Waals surface area contributed by atoms with Crippen LogP contribution < -0.4 is 4.57 Å². The number of hydrogen-bond acceptors (Lipinski definition) is 4. The molecule has 2 heterocycles. The maximum absolute atomic E-state index is 11.5. The summed E-state index contributed by atoms with van der Waals surface area (Å²) in [6.45, 7) is 2.17. The number of esters is 1. The molecule has 0 radical (unpaired) electrons. The van der Waals surface area contributed by atoms with Gasteiger partial charge < -0.3 is 4.74 Å². The molecule has 0 atom stereocenters. The van der Waals surface area contributed by atoms with E-state index in [2.05, 4.69) is 4.98 Å². The molecule has 0 N–H and O–H groups in total. The smallest absolute Gasteiger partial charge is 0.349 e. The summed E-state index contributed by atoms with van der Waals surface area (Å²) < 4.78 is 6.87. The Morgan fingerprint density at radius 3 is 2.82 bits per heavy atom. The highest BCUT2D eigenvalue weighted by Gasteiger charge is 2.12. The van der Waals surface area contributed by atoms with Gasteiger partial charge in [0.15, 0.2) is 12.4 Å². The van der Waals surface area contributed by atoms with Crippen LogP contribution in [0.25, 0.3) is 10.6 Å². The molecule has 2 aromatic heterocycles. The van der Waals surface area contributed by atoms with Crippen LogP contribution >= 0.6 is 11.3 Å². The van der Waals surface area contributed by atoms with Crippen LogP contribution in [-0.2, 0) is 11.8 Å². The van der Waals surface area contributed by atoms with E-state index in [-0.39, 0.29) is 5.97 Å². The van der Waals surface area contributed by atoms with Crippen molar-refractivity contribution >= 4 is 17.3 Å². The Morgan fingerprint density at radius 2 is 2.18 bits per heavy atom. The van der Waals surface area contributed by atoms with Crippen molar-refractivity contribution in [1.82, 2.24) is 4.98 Å². The number of hydrogen-bond donors (Lipinski definition) is 0. The van der Waals surface area contributed by atoms with Crippen molar-refractivity contribution in [2.45, 2.75) is 6.92 Å². The van der Waals surface area contributed by atoms with Crippen molar-refractivity contribution in [1.29, 1.82) is 0 Å². The summed E-state index contributed by atoms with van der Waals surface area (Å²) in [7, 11) is 1.95. The van der Waals surface area contributed by atoms with Gasteiger partial charge in [-0.05, 0) is 6.92 Å². The fourth-order valence-corrected chi connectivity index (χ4v) is 2.16. The van der Waals surface area contributed by atoms with Crippen LogP contribution in [0.4, 0.5) is 0 Å². The Labute approximate surface area is 104 Å². The first-order valence-electron chi connectivity index (χ1n) is 5.29. The molecule has 0 saturated heterocycles. The number of thiazole rings is 1. The first-order valence-corrected chi connectivity index (χ1v) is 6.11. The minimum atomic E-state index is -0.308. The highest BCUT2D eigenvalue weighted by Crippen LogP contribution is 2.24. The van der Waals surface area contributed by atoms with E-state index >= 15 is 0 Å². The molecule has 2 aromatic rings. The van der Waals surface area contributed by atoms with Crippen molar-refractivity contribution in [3.63, 3.8) is 0 Å². The average molecular weight is 249 g/mol. The average Bonchev–Trinajstić information content (AvgIpc) is 2.80. The van der Waals surface area contributed by atoms with E-state index < -0.39 is 0 Å². The normalized spacial score (nSPS) is 10.2. The van der Waals surface area contributed by atoms with Crippen LogP contribution in [0.15, 0.2) is 30.7 Å². The van der Waals surface area contributed by atoms with E-state index in [9.17, 15) is 4.79 Å². The molecule has 88 valence electrons. The third-order valence-electron chi connectivity index (χ3n) is 2.21. The molecule has 0 amide bonds. The Bertz CT molecular complexity index is 520. The molecule has 0 aliphatic carbocycles. The zero-order valence-electron chi connectivity index (χ0n) is 9.71. The van der Waals surface area contributed by atoms with Gasteiger partial charge in [0.05, 0.1) is 12.8 Å². The van der Waals surface area contributed by atoms with Gasteiger partial charge in [-0.25, -0.2) is 14.3 Å². The highest BCUT2D eigenvalue weighted by molar-refractivity contribution is 7.16. The summed E-state index contributed by atoms with van der Waals surface area (Å²) in [5.74, 6) is -0.308. The maximum atomic E-state index is 11.5. The second kappa shape index (κ2) is 5.05. The number of rotatable bonds is 3. The Hall–Kier alpha value is -1.75. The summed E-state index contributed by atoms with van der Waals surface area (Å²) in [5.41, 5.74) is 1.00. The zero-order chi connectivity index (χ0) is 12.3. The standard InChI is InChI=1S/C12H13N2O2S/c1-3-16-12(15)10-8-13-11(17-10)9-4-6-14(2)7-5-9/h4-8H,3H2,1-2H3/q+1. The molecule has 5 heteroatoms.